The van der Waals surface area contributed by atoms with Crippen molar-refractivity contribution < 1.29 is 25.9 Å². The minimum atomic E-state index is -4.39. The fourth-order valence-electron chi connectivity index (χ4n) is 4.05. The van der Waals surface area contributed by atoms with Crippen LogP contribution in [0.1, 0.15) is 22.3 Å². The zero-order valence-electron chi connectivity index (χ0n) is 18.7. The summed E-state index contributed by atoms with van der Waals surface area (Å²) in [6.45, 7) is 7.13. The molecule has 0 heterocycles. The Morgan fingerprint density at radius 2 is 0.879 bits per heavy atom. The van der Waals surface area contributed by atoms with E-state index < -0.39 is 20.2 Å². The smallest absolute Gasteiger partial charge is 0.744 e. The number of aryl methyl sites for hydroxylation is 4. The van der Waals surface area contributed by atoms with E-state index in [9.17, 15) is 25.9 Å². The largest absolute Gasteiger partial charge is 2.00 e. The van der Waals surface area contributed by atoms with Gasteiger partial charge in [-0.3, -0.25) is 0 Å². The standard InChI is InChI=1S/2C12H12O3S.Ca/c2*1-8-4-3-5-10-6-7-11(16(13,14)15)9(2)12(8)10;/h2*3-7H,1-2H3,(H,13,14,15);/q;;+2/p-2. The summed E-state index contributed by atoms with van der Waals surface area (Å²) in [6, 6.07) is 17.5. The van der Waals surface area contributed by atoms with Crippen LogP contribution in [0, 0.1) is 27.7 Å². The van der Waals surface area contributed by atoms with E-state index >= 15 is 0 Å². The first-order chi connectivity index (χ1) is 14.8. The molecular weight excluding hydrogens is 488 g/mol. The van der Waals surface area contributed by atoms with Crippen LogP contribution in [0.5, 0.6) is 0 Å². The fraction of sp³-hybridized carbons (Fsp3) is 0.167. The van der Waals surface area contributed by atoms with Crippen LogP contribution in [-0.4, -0.2) is 63.7 Å². The third-order valence-electron chi connectivity index (χ3n) is 5.47. The van der Waals surface area contributed by atoms with E-state index in [4.69, 9.17) is 0 Å². The van der Waals surface area contributed by atoms with E-state index in [0.29, 0.717) is 11.1 Å². The molecular formula is C24H22CaO6S2. The summed E-state index contributed by atoms with van der Waals surface area (Å²) in [5.74, 6) is 0. The number of fused-ring (bicyclic) bond motifs is 2. The second-order valence-corrected chi connectivity index (χ2v) is 10.3. The van der Waals surface area contributed by atoms with Crippen molar-refractivity contribution >= 4 is 79.5 Å². The van der Waals surface area contributed by atoms with Gasteiger partial charge in [-0.2, -0.15) is 0 Å². The molecule has 4 aromatic rings. The van der Waals surface area contributed by atoms with E-state index in [1.54, 1.807) is 26.0 Å². The first kappa shape index (κ1) is 27.7. The van der Waals surface area contributed by atoms with Crippen LogP contribution in [0.2, 0.25) is 0 Å². The van der Waals surface area contributed by atoms with Crippen LogP contribution in [0.3, 0.4) is 0 Å². The molecule has 0 bridgehead atoms. The summed E-state index contributed by atoms with van der Waals surface area (Å²) < 4.78 is 66.3. The van der Waals surface area contributed by atoms with Gasteiger partial charge in [-0.05, 0) is 83.6 Å². The summed E-state index contributed by atoms with van der Waals surface area (Å²) >= 11 is 0. The van der Waals surface area contributed by atoms with Crippen molar-refractivity contribution in [3.8, 4) is 0 Å². The van der Waals surface area contributed by atoms with E-state index in [0.717, 1.165) is 32.7 Å². The normalized spacial score (nSPS) is 11.6. The summed E-state index contributed by atoms with van der Waals surface area (Å²) in [5.41, 5.74) is 3.01. The number of benzene rings is 4. The fourth-order valence-corrected chi connectivity index (χ4v) is 5.48. The topological polar surface area (TPSA) is 114 Å². The van der Waals surface area contributed by atoms with Gasteiger partial charge in [-0.25, -0.2) is 16.8 Å². The van der Waals surface area contributed by atoms with Crippen LogP contribution in [0.15, 0.2) is 70.5 Å². The van der Waals surface area contributed by atoms with Gasteiger partial charge in [0.15, 0.2) is 0 Å². The van der Waals surface area contributed by atoms with Gasteiger partial charge in [-0.1, -0.05) is 48.5 Å². The van der Waals surface area contributed by atoms with Crippen molar-refractivity contribution in [3.63, 3.8) is 0 Å². The predicted octanol–water partition coefficient (Wildman–Crippen LogP) is 4.34. The second-order valence-electron chi connectivity index (χ2n) is 7.63. The van der Waals surface area contributed by atoms with Crippen molar-refractivity contribution in [1.29, 1.82) is 0 Å². The van der Waals surface area contributed by atoms with Crippen molar-refractivity contribution in [2.24, 2.45) is 0 Å². The van der Waals surface area contributed by atoms with Crippen molar-refractivity contribution in [2.45, 2.75) is 37.5 Å². The van der Waals surface area contributed by atoms with Gasteiger partial charge < -0.3 is 9.11 Å². The molecule has 0 N–H and O–H groups in total. The maximum absolute atomic E-state index is 11.1. The summed E-state index contributed by atoms with van der Waals surface area (Å²) in [5, 5.41) is 3.59. The molecule has 0 aromatic heterocycles. The van der Waals surface area contributed by atoms with Gasteiger partial charge in [0, 0.05) is 0 Å². The Labute approximate surface area is 224 Å². The monoisotopic (exact) mass is 510 g/mol. The van der Waals surface area contributed by atoms with E-state index in [1.807, 2.05) is 50.2 Å². The van der Waals surface area contributed by atoms with Crippen LogP contribution in [0.25, 0.3) is 21.5 Å². The quantitative estimate of drug-likeness (QED) is 0.293. The Balaban J connectivity index is 0.000000227. The number of hydrogen-bond donors (Lipinski definition) is 0. The molecule has 33 heavy (non-hydrogen) atoms. The van der Waals surface area contributed by atoms with E-state index in [2.05, 4.69) is 0 Å². The van der Waals surface area contributed by atoms with Gasteiger partial charge in [0.25, 0.3) is 0 Å². The van der Waals surface area contributed by atoms with Crippen molar-refractivity contribution in [1.82, 2.24) is 0 Å². The molecule has 0 aliphatic rings. The Hall–Kier alpha value is -1.52. The van der Waals surface area contributed by atoms with Gasteiger partial charge in [0.05, 0.1) is 9.79 Å². The number of rotatable bonds is 2. The molecule has 0 aliphatic heterocycles. The van der Waals surface area contributed by atoms with Crippen molar-refractivity contribution in [3.05, 3.63) is 82.9 Å². The van der Waals surface area contributed by atoms with Gasteiger partial charge in [0.1, 0.15) is 20.2 Å². The molecule has 0 amide bonds. The van der Waals surface area contributed by atoms with E-state index in [-0.39, 0.29) is 47.5 Å². The Morgan fingerprint density at radius 3 is 1.18 bits per heavy atom. The number of hydrogen-bond acceptors (Lipinski definition) is 6. The van der Waals surface area contributed by atoms with Crippen molar-refractivity contribution in [2.75, 3.05) is 0 Å². The van der Waals surface area contributed by atoms with Gasteiger partial charge >= 0.3 is 37.7 Å². The predicted molar refractivity (Wildman–Crippen MR) is 129 cm³/mol. The third kappa shape index (κ3) is 5.95. The minimum absolute atomic E-state index is 0. The molecule has 0 aliphatic carbocycles. The summed E-state index contributed by atoms with van der Waals surface area (Å²) in [7, 11) is -8.78. The summed E-state index contributed by atoms with van der Waals surface area (Å²) in [6.07, 6.45) is 0. The third-order valence-corrected chi connectivity index (χ3v) is 7.43. The zero-order valence-corrected chi connectivity index (χ0v) is 22.6. The molecule has 4 aromatic carbocycles. The molecule has 0 saturated heterocycles. The Kier molecular flexibility index (Phi) is 8.73. The van der Waals surface area contributed by atoms with E-state index in [1.165, 1.54) is 12.1 Å². The molecule has 9 heteroatoms. The zero-order chi connectivity index (χ0) is 23.8. The maximum Gasteiger partial charge on any atom is 2.00 e. The van der Waals surface area contributed by atoms with Crippen LogP contribution < -0.4 is 0 Å². The first-order valence-electron chi connectivity index (χ1n) is 9.72. The molecule has 6 nitrogen and oxygen atoms in total. The minimum Gasteiger partial charge on any atom is -0.744 e. The molecule has 168 valence electrons. The molecule has 0 unspecified atom stereocenters. The average Bonchev–Trinajstić information content (AvgIpc) is 2.67. The van der Waals surface area contributed by atoms with Gasteiger partial charge in [-0.15, -0.1) is 0 Å². The molecule has 0 radical (unpaired) electrons. The maximum atomic E-state index is 11.1. The summed E-state index contributed by atoms with van der Waals surface area (Å²) in [4.78, 5) is -0.261. The first-order valence-corrected chi connectivity index (χ1v) is 12.5. The molecule has 0 saturated carbocycles. The molecule has 4 rings (SSSR count). The Bertz CT molecular complexity index is 1440. The SMILES string of the molecule is Cc1cccc2ccc(S(=O)(=O)[O-])c(C)c12.Cc1cccc2ccc(S(=O)(=O)[O-])c(C)c12.[Ca+2]. The van der Waals surface area contributed by atoms with Crippen LogP contribution in [-0.2, 0) is 20.2 Å². The average molecular weight is 511 g/mol. The van der Waals surface area contributed by atoms with Crippen LogP contribution >= 0.6 is 0 Å². The van der Waals surface area contributed by atoms with Gasteiger partial charge in [0.2, 0.25) is 0 Å². The Morgan fingerprint density at radius 1 is 0.545 bits per heavy atom. The second kappa shape index (κ2) is 10.4. The molecule has 0 atom stereocenters. The molecule has 0 fully saturated rings. The molecule has 0 spiro atoms. The van der Waals surface area contributed by atoms with Crippen LogP contribution in [0.4, 0.5) is 0 Å².